The molecule has 0 saturated heterocycles. The van der Waals surface area contributed by atoms with Gasteiger partial charge in [-0.15, -0.1) is 0 Å². The molecule has 2 unspecified atom stereocenters. The molecule has 0 fully saturated rings. The number of carbonyl (C=O) groups excluding carboxylic acids is 1. The van der Waals surface area contributed by atoms with E-state index in [1.54, 1.807) is 0 Å². The van der Waals surface area contributed by atoms with Gasteiger partial charge in [0.1, 0.15) is 11.9 Å². The minimum atomic E-state index is -5.39. The van der Waals surface area contributed by atoms with Crippen molar-refractivity contribution in [1.82, 2.24) is 4.98 Å². The smallest absolute Gasteiger partial charge is 0.420 e. The number of hydrogen-bond acceptors (Lipinski definition) is 5. The average Bonchev–Trinajstić information content (AvgIpc) is 2.74. The van der Waals surface area contributed by atoms with Crippen molar-refractivity contribution >= 4 is 29.2 Å². The molecule has 0 radical (unpaired) electrons. The molecule has 32 heavy (non-hydrogen) atoms. The largest absolute Gasteiger partial charge is 0.491 e. The zero-order valence-corrected chi connectivity index (χ0v) is 17.4. The van der Waals surface area contributed by atoms with Crippen LogP contribution in [0.1, 0.15) is 17.2 Å². The number of pyridine rings is 1. The Morgan fingerprint density at radius 2 is 1.66 bits per heavy atom. The van der Waals surface area contributed by atoms with Gasteiger partial charge in [0.2, 0.25) is 0 Å². The van der Waals surface area contributed by atoms with Gasteiger partial charge in [0.15, 0.2) is 0 Å². The van der Waals surface area contributed by atoms with Gasteiger partial charge in [0.25, 0.3) is 5.79 Å². The standard InChI is InChI=1S/C21H14Cl2F4N2O3/c22-16-6-3-12(8-17(16)23)18(28)20(31,32-19(30)21(25,26)27)14-4-1-11(2-5-14)13-7-15(24)10-29-9-13/h1-10,18,31H,28H2. The highest BCUT2D eigenvalue weighted by molar-refractivity contribution is 6.42. The van der Waals surface area contributed by atoms with Gasteiger partial charge in [0, 0.05) is 17.3 Å². The number of esters is 1. The Morgan fingerprint density at radius 3 is 2.22 bits per heavy atom. The molecule has 0 spiro atoms. The van der Waals surface area contributed by atoms with E-state index in [1.165, 1.54) is 54.7 Å². The Balaban J connectivity index is 2.05. The molecule has 3 aromatic rings. The molecule has 1 aromatic heterocycles. The number of nitrogens with two attached hydrogens (primary N) is 1. The normalized spacial score (nSPS) is 14.5. The van der Waals surface area contributed by atoms with E-state index < -0.39 is 29.8 Å². The van der Waals surface area contributed by atoms with Gasteiger partial charge in [-0.05, 0) is 29.3 Å². The van der Waals surface area contributed by atoms with Gasteiger partial charge in [-0.25, -0.2) is 9.18 Å². The first kappa shape index (κ1) is 23.9. The fourth-order valence-corrected chi connectivity index (χ4v) is 3.21. The molecule has 3 rings (SSSR count). The van der Waals surface area contributed by atoms with E-state index in [0.717, 1.165) is 6.20 Å². The Hall–Kier alpha value is -2.72. The van der Waals surface area contributed by atoms with Crippen LogP contribution in [-0.4, -0.2) is 22.2 Å². The molecule has 0 saturated carbocycles. The zero-order chi connectivity index (χ0) is 23.7. The third-order valence-corrected chi connectivity index (χ3v) is 5.28. The van der Waals surface area contributed by atoms with Crippen LogP contribution in [0.2, 0.25) is 10.0 Å². The third kappa shape index (κ3) is 5.02. The maximum absolute atomic E-state index is 13.4. The second kappa shape index (κ2) is 9.03. The quantitative estimate of drug-likeness (QED) is 0.295. The monoisotopic (exact) mass is 488 g/mol. The van der Waals surface area contributed by atoms with Crippen LogP contribution in [0, 0.1) is 5.82 Å². The second-order valence-electron chi connectivity index (χ2n) is 6.70. The van der Waals surface area contributed by atoms with Gasteiger partial charge in [-0.1, -0.05) is 53.5 Å². The molecular formula is C21H14Cl2F4N2O3. The fraction of sp³-hybridized carbons (Fsp3) is 0.143. The second-order valence-corrected chi connectivity index (χ2v) is 7.52. The Kier molecular flexibility index (Phi) is 6.75. The number of alkyl halides is 3. The lowest BCUT2D eigenvalue weighted by molar-refractivity contribution is -0.259. The van der Waals surface area contributed by atoms with Crippen LogP contribution in [0.15, 0.2) is 60.9 Å². The van der Waals surface area contributed by atoms with Crippen LogP contribution >= 0.6 is 23.2 Å². The average molecular weight is 489 g/mol. The summed E-state index contributed by atoms with van der Waals surface area (Å²) in [7, 11) is 0. The van der Waals surface area contributed by atoms with Crippen LogP contribution in [-0.2, 0) is 15.3 Å². The summed E-state index contributed by atoms with van der Waals surface area (Å²) in [5.74, 6) is -6.17. The molecule has 3 N–H and O–H groups in total. The lowest BCUT2D eigenvalue weighted by Crippen LogP contribution is -2.45. The van der Waals surface area contributed by atoms with Crippen molar-refractivity contribution in [1.29, 1.82) is 0 Å². The lowest BCUT2D eigenvalue weighted by atomic mass is 9.91. The van der Waals surface area contributed by atoms with Crippen molar-refractivity contribution in [2.75, 3.05) is 0 Å². The number of ether oxygens (including phenoxy) is 1. The number of halogens is 6. The Morgan fingerprint density at radius 1 is 1.00 bits per heavy atom. The summed E-state index contributed by atoms with van der Waals surface area (Å²) in [6, 6.07) is 8.53. The van der Waals surface area contributed by atoms with E-state index in [2.05, 4.69) is 9.72 Å². The van der Waals surface area contributed by atoms with E-state index in [1.807, 2.05) is 0 Å². The number of nitrogens with zero attached hydrogens (tertiary/aromatic N) is 1. The Labute approximate surface area is 189 Å². The molecule has 0 bridgehead atoms. The van der Waals surface area contributed by atoms with E-state index in [9.17, 15) is 27.5 Å². The van der Waals surface area contributed by atoms with Crippen molar-refractivity contribution in [3.63, 3.8) is 0 Å². The predicted molar refractivity (Wildman–Crippen MR) is 109 cm³/mol. The summed E-state index contributed by atoms with van der Waals surface area (Å²) in [5.41, 5.74) is 6.63. The topological polar surface area (TPSA) is 85.4 Å². The molecule has 168 valence electrons. The van der Waals surface area contributed by atoms with Gasteiger partial charge >= 0.3 is 12.1 Å². The van der Waals surface area contributed by atoms with E-state index in [0.29, 0.717) is 11.1 Å². The summed E-state index contributed by atoms with van der Waals surface area (Å²) in [6.07, 6.45) is -3.02. The molecular weight excluding hydrogens is 475 g/mol. The van der Waals surface area contributed by atoms with Crippen LogP contribution < -0.4 is 5.73 Å². The van der Waals surface area contributed by atoms with Crippen molar-refractivity contribution in [3.8, 4) is 11.1 Å². The van der Waals surface area contributed by atoms with Gasteiger partial charge in [-0.2, -0.15) is 13.2 Å². The van der Waals surface area contributed by atoms with Crippen molar-refractivity contribution in [3.05, 3.63) is 87.9 Å². The third-order valence-electron chi connectivity index (χ3n) is 4.54. The van der Waals surface area contributed by atoms with Crippen LogP contribution in [0.25, 0.3) is 11.1 Å². The molecule has 1 heterocycles. The number of rotatable bonds is 5. The fourth-order valence-electron chi connectivity index (χ4n) is 2.90. The molecule has 2 aromatic carbocycles. The molecule has 0 aliphatic heterocycles. The van der Waals surface area contributed by atoms with Crippen LogP contribution in [0.3, 0.4) is 0 Å². The van der Waals surface area contributed by atoms with Gasteiger partial charge in [0.05, 0.1) is 16.2 Å². The first-order valence-electron chi connectivity index (χ1n) is 8.86. The highest BCUT2D eigenvalue weighted by Gasteiger charge is 2.49. The number of aliphatic hydroxyl groups is 1. The van der Waals surface area contributed by atoms with Crippen LogP contribution in [0.5, 0.6) is 0 Å². The number of aromatic nitrogens is 1. The molecule has 11 heteroatoms. The van der Waals surface area contributed by atoms with Crippen molar-refractivity contribution in [2.24, 2.45) is 5.73 Å². The minimum absolute atomic E-state index is 0.0260. The lowest BCUT2D eigenvalue weighted by Gasteiger charge is -2.34. The maximum Gasteiger partial charge on any atom is 0.491 e. The first-order chi connectivity index (χ1) is 14.9. The summed E-state index contributed by atoms with van der Waals surface area (Å²) in [6.45, 7) is 0. The maximum atomic E-state index is 13.4. The molecule has 5 nitrogen and oxygen atoms in total. The number of carbonyl (C=O) groups is 1. The SMILES string of the molecule is NC(c1ccc(Cl)c(Cl)c1)C(O)(OC(=O)C(F)(F)F)c1ccc(-c2cncc(F)c2)cc1. The summed E-state index contributed by atoms with van der Waals surface area (Å²) in [5, 5.41) is 11.3. The summed E-state index contributed by atoms with van der Waals surface area (Å²) >= 11 is 11.8. The molecule has 0 amide bonds. The molecule has 0 aliphatic carbocycles. The number of benzene rings is 2. The Bertz CT molecular complexity index is 1140. The molecule has 2 atom stereocenters. The van der Waals surface area contributed by atoms with Gasteiger partial charge < -0.3 is 15.6 Å². The van der Waals surface area contributed by atoms with Crippen LogP contribution in [0.4, 0.5) is 17.6 Å². The van der Waals surface area contributed by atoms with Gasteiger partial charge in [-0.3, -0.25) is 4.98 Å². The zero-order valence-electron chi connectivity index (χ0n) is 15.9. The van der Waals surface area contributed by atoms with E-state index in [-0.39, 0.29) is 21.2 Å². The van der Waals surface area contributed by atoms with Crippen molar-refractivity contribution in [2.45, 2.75) is 18.0 Å². The highest BCUT2D eigenvalue weighted by Crippen LogP contribution is 2.39. The van der Waals surface area contributed by atoms with E-state index >= 15 is 0 Å². The van der Waals surface area contributed by atoms with E-state index in [4.69, 9.17) is 28.9 Å². The highest BCUT2D eigenvalue weighted by atomic mass is 35.5. The van der Waals surface area contributed by atoms with Crippen molar-refractivity contribution < 1.29 is 32.2 Å². The summed E-state index contributed by atoms with van der Waals surface area (Å²) < 4.78 is 56.6. The number of hydrogen-bond donors (Lipinski definition) is 2. The first-order valence-corrected chi connectivity index (χ1v) is 9.62. The molecule has 0 aliphatic rings. The minimum Gasteiger partial charge on any atom is -0.420 e. The summed E-state index contributed by atoms with van der Waals surface area (Å²) in [4.78, 5) is 15.3. The predicted octanol–water partition coefficient (Wildman–Crippen LogP) is 5.15.